The van der Waals surface area contributed by atoms with Gasteiger partial charge < -0.3 is 9.52 Å². The first-order valence-electron chi connectivity index (χ1n) is 9.13. The third-order valence-corrected chi connectivity index (χ3v) is 4.02. The van der Waals surface area contributed by atoms with E-state index in [-0.39, 0.29) is 22.9 Å². The highest BCUT2D eigenvalue weighted by Crippen LogP contribution is 2.15. The molecule has 1 heterocycles. The Hall–Kier alpha value is -2.11. The van der Waals surface area contributed by atoms with Gasteiger partial charge in [0.25, 0.3) is 0 Å². The summed E-state index contributed by atoms with van der Waals surface area (Å²) >= 11 is 0. The number of hydrogen-bond acceptors (Lipinski definition) is 5. The molecule has 0 spiro atoms. The molecule has 0 aliphatic carbocycles. The van der Waals surface area contributed by atoms with Crippen LogP contribution in [0.4, 0.5) is 0 Å². The van der Waals surface area contributed by atoms with Gasteiger partial charge in [0.05, 0.1) is 5.71 Å². The number of amides is 1. The van der Waals surface area contributed by atoms with Crippen molar-refractivity contribution in [1.29, 1.82) is 0 Å². The van der Waals surface area contributed by atoms with Crippen LogP contribution in [0.15, 0.2) is 20.4 Å². The van der Waals surface area contributed by atoms with Gasteiger partial charge in [-0.2, -0.15) is 5.10 Å². The fraction of sp³-hybridized carbons (Fsp3) is 0.632. The second kappa shape index (κ2) is 11.4. The number of hydrazone groups is 1. The normalized spacial score (nSPS) is 11.6. The Morgan fingerprint density at radius 1 is 1.16 bits per heavy atom. The highest BCUT2D eigenvalue weighted by Gasteiger charge is 2.13. The van der Waals surface area contributed by atoms with E-state index in [0.717, 1.165) is 19.3 Å². The van der Waals surface area contributed by atoms with Crippen LogP contribution in [0.3, 0.4) is 0 Å². The Kier molecular flexibility index (Phi) is 9.58. The van der Waals surface area contributed by atoms with Gasteiger partial charge in [0, 0.05) is 12.5 Å². The minimum atomic E-state index is -0.670. The van der Waals surface area contributed by atoms with E-state index in [1.165, 1.54) is 45.1 Å². The zero-order valence-corrected chi connectivity index (χ0v) is 15.6. The zero-order valence-electron chi connectivity index (χ0n) is 15.6. The van der Waals surface area contributed by atoms with Crippen molar-refractivity contribution in [2.45, 2.75) is 78.6 Å². The molecule has 0 fully saturated rings. The second-order valence-corrected chi connectivity index (χ2v) is 6.36. The maximum absolute atomic E-state index is 11.8. The first-order valence-corrected chi connectivity index (χ1v) is 9.13. The number of nitrogens with one attached hydrogen (secondary N) is 1. The predicted octanol–water partition coefficient (Wildman–Crippen LogP) is 4.02. The van der Waals surface area contributed by atoms with E-state index in [1.54, 1.807) is 6.92 Å². The predicted molar refractivity (Wildman–Crippen MR) is 99.0 cm³/mol. The molecule has 0 aromatic carbocycles. The summed E-state index contributed by atoms with van der Waals surface area (Å²) in [4.78, 5) is 23.6. The fourth-order valence-corrected chi connectivity index (χ4v) is 2.61. The minimum absolute atomic E-state index is 0.0296. The largest absolute Gasteiger partial charge is 0.507 e. The lowest BCUT2D eigenvalue weighted by molar-refractivity contribution is -0.121. The summed E-state index contributed by atoms with van der Waals surface area (Å²) in [6.45, 7) is 5.32. The molecule has 140 valence electrons. The number of carbonyl (C=O) groups is 1. The molecule has 1 amide bonds. The maximum atomic E-state index is 11.8. The van der Waals surface area contributed by atoms with Gasteiger partial charge in [-0.1, -0.05) is 51.9 Å². The molecule has 1 aromatic heterocycles. The highest BCUT2D eigenvalue weighted by molar-refractivity contribution is 6.01. The molecule has 0 atom stereocenters. The van der Waals surface area contributed by atoms with E-state index in [4.69, 9.17) is 4.42 Å². The summed E-state index contributed by atoms with van der Waals surface area (Å²) in [7, 11) is 0. The van der Waals surface area contributed by atoms with Crippen LogP contribution in [0.1, 0.15) is 83.0 Å². The SMILES string of the molecule is CCCCCCCCCCC(=O)N/N=C(\C)c1c(O)cc(C)oc1=O. The molecule has 1 rings (SSSR count). The maximum Gasteiger partial charge on any atom is 0.348 e. The lowest BCUT2D eigenvalue weighted by atomic mass is 10.1. The van der Waals surface area contributed by atoms with E-state index in [9.17, 15) is 14.7 Å². The van der Waals surface area contributed by atoms with Gasteiger partial charge in [-0.25, -0.2) is 10.2 Å². The van der Waals surface area contributed by atoms with E-state index >= 15 is 0 Å². The molecule has 0 radical (unpaired) electrons. The van der Waals surface area contributed by atoms with Crippen molar-refractivity contribution >= 4 is 11.6 Å². The number of hydrogen-bond donors (Lipinski definition) is 2. The van der Waals surface area contributed by atoms with Crippen LogP contribution >= 0.6 is 0 Å². The van der Waals surface area contributed by atoms with Crippen LogP contribution in [0.2, 0.25) is 0 Å². The third kappa shape index (κ3) is 8.01. The molecule has 0 aliphatic heterocycles. The van der Waals surface area contributed by atoms with Crippen molar-refractivity contribution in [3.63, 3.8) is 0 Å². The van der Waals surface area contributed by atoms with Crippen molar-refractivity contribution in [2.24, 2.45) is 5.10 Å². The van der Waals surface area contributed by atoms with Crippen LogP contribution in [0, 0.1) is 6.92 Å². The summed E-state index contributed by atoms with van der Waals surface area (Å²) in [5.74, 6) is -0.0774. The van der Waals surface area contributed by atoms with Gasteiger partial charge >= 0.3 is 5.63 Å². The van der Waals surface area contributed by atoms with Crippen LogP contribution in [0.25, 0.3) is 0 Å². The molecule has 0 unspecified atom stereocenters. The van der Waals surface area contributed by atoms with E-state index in [2.05, 4.69) is 17.5 Å². The van der Waals surface area contributed by atoms with Gasteiger partial charge in [-0.3, -0.25) is 4.79 Å². The van der Waals surface area contributed by atoms with Crippen molar-refractivity contribution in [2.75, 3.05) is 0 Å². The molecule has 6 heteroatoms. The number of aryl methyl sites for hydroxylation is 1. The van der Waals surface area contributed by atoms with Gasteiger partial charge in [0.15, 0.2) is 0 Å². The van der Waals surface area contributed by atoms with Gasteiger partial charge in [0.1, 0.15) is 17.1 Å². The van der Waals surface area contributed by atoms with Crippen LogP contribution in [0.5, 0.6) is 5.75 Å². The average Bonchev–Trinajstić information content (AvgIpc) is 2.54. The molecular formula is C19H30N2O4. The minimum Gasteiger partial charge on any atom is -0.507 e. The summed E-state index contributed by atoms with van der Waals surface area (Å²) in [5, 5.41) is 13.7. The topological polar surface area (TPSA) is 91.9 Å². The summed E-state index contributed by atoms with van der Waals surface area (Å²) in [6, 6.07) is 1.35. The Balaban J connectivity index is 2.33. The lowest BCUT2D eigenvalue weighted by Crippen LogP contribution is -2.21. The van der Waals surface area contributed by atoms with E-state index in [1.807, 2.05) is 0 Å². The molecule has 25 heavy (non-hydrogen) atoms. The first kappa shape index (κ1) is 20.9. The van der Waals surface area contributed by atoms with Gasteiger partial charge in [-0.15, -0.1) is 0 Å². The molecule has 0 saturated carbocycles. The Bertz CT molecular complexity index is 635. The molecule has 0 bridgehead atoms. The quantitative estimate of drug-likeness (QED) is 0.358. The monoisotopic (exact) mass is 350 g/mol. The van der Waals surface area contributed by atoms with Crippen molar-refractivity contribution < 1.29 is 14.3 Å². The lowest BCUT2D eigenvalue weighted by Gasteiger charge is -2.05. The molecular weight excluding hydrogens is 320 g/mol. The summed E-state index contributed by atoms with van der Waals surface area (Å²) in [5.41, 5.74) is 1.94. The molecule has 2 N–H and O–H groups in total. The molecule has 1 aromatic rings. The summed E-state index contributed by atoms with van der Waals surface area (Å²) in [6.07, 6.45) is 9.75. The van der Waals surface area contributed by atoms with E-state index in [0.29, 0.717) is 12.2 Å². The zero-order chi connectivity index (χ0) is 18.7. The Labute approximate surface area is 149 Å². The Morgan fingerprint density at radius 3 is 2.36 bits per heavy atom. The third-order valence-electron chi connectivity index (χ3n) is 4.02. The van der Waals surface area contributed by atoms with Crippen molar-refractivity contribution in [1.82, 2.24) is 5.43 Å². The fourth-order valence-electron chi connectivity index (χ4n) is 2.61. The first-order chi connectivity index (χ1) is 12.0. The van der Waals surface area contributed by atoms with Crippen molar-refractivity contribution in [3.8, 4) is 5.75 Å². The van der Waals surface area contributed by atoms with Crippen molar-refractivity contribution in [3.05, 3.63) is 27.8 Å². The summed E-state index contributed by atoms with van der Waals surface area (Å²) < 4.78 is 4.93. The van der Waals surface area contributed by atoms with Gasteiger partial charge in [0.2, 0.25) is 5.91 Å². The number of aromatic hydroxyl groups is 1. The molecule has 0 saturated heterocycles. The second-order valence-electron chi connectivity index (χ2n) is 6.36. The average molecular weight is 350 g/mol. The molecule has 6 nitrogen and oxygen atoms in total. The van der Waals surface area contributed by atoms with E-state index < -0.39 is 5.63 Å². The van der Waals surface area contributed by atoms with Crippen LogP contribution in [-0.2, 0) is 4.79 Å². The number of unbranched alkanes of at least 4 members (excludes halogenated alkanes) is 7. The number of carbonyl (C=O) groups excluding carboxylic acids is 1. The van der Waals surface area contributed by atoms with Crippen LogP contribution < -0.4 is 11.1 Å². The van der Waals surface area contributed by atoms with Gasteiger partial charge in [-0.05, 0) is 20.3 Å². The highest BCUT2D eigenvalue weighted by atomic mass is 16.4. The smallest absolute Gasteiger partial charge is 0.348 e. The number of nitrogens with zero attached hydrogens (tertiary/aromatic N) is 1. The standard InChI is InChI=1S/C19H30N2O4/c1-4-5-6-7-8-9-10-11-12-17(23)21-20-15(3)18-16(22)13-14(2)25-19(18)24/h13,22H,4-12H2,1-3H3,(H,21,23)/b20-15+. The number of rotatable bonds is 11. The Morgan fingerprint density at radius 2 is 1.76 bits per heavy atom. The van der Waals surface area contributed by atoms with Crippen LogP contribution in [-0.4, -0.2) is 16.7 Å². The molecule has 0 aliphatic rings.